The lowest BCUT2D eigenvalue weighted by atomic mass is 10.2. The number of nitrogens with one attached hydrogen (secondary N) is 2. The van der Waals surface area contributed by atoms with Crippen molar-refractivity contribution in [2.75, 3.05) is 31.7 Å². The smallest absolute Gasteiger partial charge is 0.340 e. The third kappa shape index (κ3) is 5.37. The Labute approximate surface area is 174 Å². The fraction of sp³-hybridized carbons (Fsp3) is 0.450. The number of hydrogen-bond donors (Lipinski definition) is 2. The van der Waals surface area contributed by atoms with E-state index < -0.39 is 0 Å². The first-order valence-corrected chi connectivity index (χ1v) is 10.9. The maximum Gasteiger partial charge on any atom is 0.348 e. The zero-order valence-electron chi connectivity index (χ0n) is 16.3. The molecule has 0 bridgehead atoms. The van der Waals surface area contributed by atoms with E-state index in [9.17, 15) is 9.59 Å². The van der Waals surface area contributed by atoms with Crippen LogP contribution in [-0.4, -0.2) is 41.9 Å². The topological polar surface area (TPSA) is 68.4 Å². The van der Waals surface area contributed by atoms with Crippen LogP contribution < -0.4 is 15.9 Å². The zero-order chi connectivity index (χ0) is 20.1. The van der Waals surface area contributed by atoms with E-state index in [1.54, 1.807) is 24.3 Å². The molecule has 3 rings (SSSR count). The number of benzene rings is 1. The highest BCUT2D eigenvalue weighted by Gasteiger charge is 2.22. The number of anilines is 1. The van der Waals surface area contributed by atoms with E-state index >= 15 is 0 Å². The van der Waals surface area contributed by atoms with Crippen molar-refractivity contribution in [1.82, 2.24) is 9.55 Å². The van der Waals surface area contributed by atoms with Crippen LogP contribution in [-0.2, 0) is 24.2 Å². The third-order valence-electron chi connectivity index (χ3n) is 4.73. The molecule has 1 aromatic heterocycles. The lowest BCUT2D eigenvalue weighted by Crippen LogP contribution is -3.05. The minimum absolute atomic E-state index is 0.126. The minimum atomic E-state index is -0.199. The molecule has 1 aliphatic carbocycles. The third-order valence-corrected chi connectivity index (χ3v) is 6.00. The van der Waals surface area contributed by atoms with Crippen LogP contribution in [0.3, 0.4) is 0 Å². The first kappa shape index (κ1) is 20.9. The number of thioether (sulfide) groups is 1. The van der Waals surface area contributed by atoms with Gasteiger partial charge in [0, 0.05) is 34.9 Å². The van der Waals surface area contributed by atoms with Crippen molar-refractivity contribution >= 4 is 35.0 Å². The summed E-state index contributed by atoms with van der Waals surface area (Å²) >= 11 is 7.20. The molecule has 0 unspecified atom stereocenters. The largest absolute Gasteiger partial charge is 0.348 e. The van der Waals surface area contributed by atoms with E-state index in [0.717, 1.165) is 43.5 Å². The zero-order valence-corrected chi connectivity index (χ0v) is 17.8. The number of carbonyl (C=O) groups is 1. The maximum absolute atomic E-state index is 12.6. The molecule has 6 nitrogen and oxygen atoms in total. The van der Waals surface area contributed by atoms with Crippen molar-refractivity contribution in [3.63, 3.8) is 0 Å². The molecule has 1 heterocycles. The van der Waals surface area contributed by atoms with Gasteiger partial charge in [0.2, 0.25) is 5.91 Å². The highest BCUT2D eigenvalue weighted by Crippen LogP contribution is 2.29. The van der Waals surface area contributed by atoms with Crippen molar-refractivity contribution in [3.05, 3.63) is 51.0 Å². The van der Waals surface area contributed by atoms with Gasteiger partial charge in [-0.25, -0.2) is 4.79 Å². The SMILES string of the molecule is C[NH+](C)CCCn1c2c(c(SCC(=O)Nc3ccc(Cl)cc3)nc1=O)CCC2. The monoisotopic (exact) mass is 421 g/mol. The van der Waals surface area contributed by atoms with Crippen LogP contribution in [0.15, 0.2) is 34.1 Å². The number of carbonyl (C=O) groups excluding carboxylic acids is 1. The number of halogens is 1. The van der Waals surface area contributed by atoms with Crippen LogP contribution in [0.4, 0.5) is 5.69 Å². The van der Waals surface area contributed by atoms with Gasteiger partial charge in [0.1, 0.15) is 5.03 Å². The van der Waals surface area contributed by atoms with Crippen molar-refractivity contribution in [3.8, 4) is 0 Å². The van der Waals surface area contributed by atoms with Gasteiger partial charge in [-0.05, 0) is 43.5 Å². The molecular formula is C20H26ClN4O2S+. The van der Waals surface area contributed by atoms with Crippen LogP contribution in [0.1, 0.15) is 24.1 Å². The Morgan fingerprint density at radius 1 is 1.29 bits per heavy atom. The van der Waals surface area contributed by atoms with Crippen LogP contribution in [0.25, 0.3) is 0 Å². The Hall–Kier alpha value is -1.83. The summed E-state index contributed by atoms with van der Waals surface area (Å²) in [6.07, 6.45) is 3.81. The minimum Gasteiger partial charge on any atom is -0.340 e. The fourth-order valence-electron chi connectivity index (χ4n) is 3.39. The molecule has 0 radical (unpaired) electrons. The molecule has 150 valence electrons. The molecule has 0 fully saturated rings. The molecule has 28 heavy (non-hydrogen) atoms. The second-order valence-corrected chi connectivity index (χ2v) is 8.68. The Morgan fingerprint density at radius 2 is 2.04 bits per heavy atom. The highest BCUT2D eigenvalue weighted by atomic mass is 35.5. The average Bonchev–Trinajstić information content (AvgIpc) is 3.13. The number of quaternary nitrogens is 1. The van der Waals surface area contributed by atoms with Gasteiger partial charge in [-0.3, -0.25) is 9.36 Å². The Morgan fingerprint density at radius 3 is 2.75 bits per heavy atom. The highest BCUT2D eigenvalue weighted by molar-refractivity contribution is 8.00. The fourth-order valence-corrected chi connectivity index (χ4v) is 4.39. The lowest BCUT2D eigenvalue weighted by Gasteiger charge is -2.15. The molecule has 1 amide bonds. The summed E-state index contributed by atoms with van der Waals surface area (Å²) in [6.45, 7) is 1.73. The number of rotatable bonds is 8. The summed E-state index contributed by atoms with van der Waals surface area (Å²) in [5.41, 5.74) is 2.75. The molecule has 8 heteroatoms. The molecule has 0 spiro atoms. The van der Waals surface area contributed by atoms with E-state index in [2.05, 4.69) is 24.4 Å². The molecule has 0 aliphatic heterocycles. The van der Waals surface area contributed by atoms with E-state index in [4.69, 9.17) is 11.6 Å². The number of hydrogen-bond acceptors (Lipinski definition) is 4. The quantitative estimate of drug-likeness (QED) is 0.502. The molecular weight excluding hydrogens is 396 g/mol. The predicted molar refractivity (Wildman–Crippen MR) is 114 cm³/mol. The summed E-state index contributed by atoms with van der Waals surface area (Å²) in [7, 11) is 4.22. The Bertz CT molecular complexity index is 896. The van der Waals surface area contributed by atoms with Gasteiger partial charge >= 0.3 is 5.69 Å². The first-order chi connectivity index (χ1) is 13.4. The van der Waals surface area contributed by atoms with Crippen molar-refractivity contribution in [1.29, 1.82) is 0 Å². The van der Waals surface area contributed by atoms with Gasteiger partial charge in [0.25, 0.3) is 0 Å². The molecule has 0 atom stereocenters. The van der Waals surface area contributed by atoms with E-state index in [1.165, 1.54) is 16.7 Å². The van der Waals surface area contributed by atoms with Crippen molar-refractivity contribution in [2.24, 2.45) is 0 Å². The van der Waals surface area contributed by atoms with Gasteiger partial charge in [-0.1, -0.05) is 23.4 Å². The van der Waals surface area contributed by atoms with Crippen LogP contribution >= 0.6 is 23.4 Å². The molecule has 2 aromatic rings. The van der Waals surface area contributed by atoms with Gasteiger partial charge in [-0.15, -0.1) is 0 Å². The second-order valence-electron chi connectivity index (χ2n) is 7.28. The summed E-state index contributed by atoms with van der Waals surface area (Å²) in [4.78, 5) is 30.5. The average molecular weight is 422 g/mol. The van der Waals surface area contributed by atoms with E-state index in [-0.39, 0.29) is 17.3 Å². The van der Waals surface area contributed by atoms with Gasteiger partial charge in [-0.2, -0.15) is 4.98 Å². The van der Waals surface area contributed by atoms with E-state index in [1.807, 2.05) is 4.57 Å². The van der Waals surface area contributed by atoms with Gasteiger partial charge in [0.05, 0.1) is 26.4 Å². The standard InChI is InChI=1S/C20H25ClN4O2S/c1-24(2)11-4-12-25-17-6-3-5-16(17)19(23-20(25)27)28-13-18(26)22-15-9-7-14(21)8-10-15/h7-10H,3-6,11-13H2,1-2H3,(H,22,26)/p+1. The number of fused-ring (bicyclic) bond motifs is 1. The van der Waals surface area contributed by atoms with Crippen LogP contribution in [0, 0.1) is 0 Å². The van der Waals surface area contributed by atoms with Crippen molar-refractivity contribution in [2.45, 2.75) is 37.3 Å². The maximum atomic E-state index is 12.6. The summed E-state index contributed by atoms with van der Waals surface area (Å²) < 4.78 is 1.84. The molecule has 0 saturated heterocycles. The Balaban J connectivity index is 1.66. The van der Waals surface area contributed by atoms with Crippen LogP contribution in [0.2, 0.25) is 5.02 Å². The van der Waals surface area contributed by atoms with E-state index in [0.29, 0.717) is 22.3 Å². The molecule has 1 aromatic carbocycles. The number of aromatic nitrogens is 2. The summed E-state index contributed by atoms with van der Waals surface area (Å²) in [5, 5.41) is 4.17. The van der Waals surface area contributed by atoms with Crippen molar-refractivity contribution < 1.29 is 9.69 Å². The lowest BCUT2D eigenvalue weighted by molar-refractivity contribution is -0.858. The van der Waals surface area contributed by atoms with Crippen LogP contribution in [0.5, 0.6) is 0 Å². The van der Waals surface area contributed by atoms with Gasteiger partial charge in [0.15, 0.2) is 0 Å². The second kappa shape index (κ2) is 9.58. The normalized spacial score (nSPS) is 13.0. The summed E-state index contributed by atoms with van der Waals surface area (Å²) in [5.74, 6) is 0.0918. The number of nitrogens with zero attached hydrogens (tertiary/aromatic N) is 2. The number of amides is 1. The predicted octanol–water partition coefficient (Wildman–Crippen LogP) is 1.65. The molecule has 2 N–H and O–H groups in total. The Kier molecular flexibility index (Phi) is 7.15. The first-order valence-electron chi connectivity index (χ1n) is 9.54. The van der Waals surface area contributed by atoms with Gasteiger partial charge < -0.3 is 10.2 Å². The molecule has 1 aliphatic rings. The summed E-state index contributed by atoms with van der Waals surface area (Å²) in [6, 6.07) is 6.99. The molecule has 0 saturated carbocycles.